The van der Waals surface area contributed by atoms with Gasteiger partial charge in [-0.25, -0.2) is 0 Å². The molecule has 3 heteroatoms. The Morgan fingerprint density at radius 3 is 2.78 bits per heavy atom. The molecule has 118 valence electrons. The molecule has 1 aromatic rings. The lowest BCUT2D eigenvalue weighted by atomic mass is 9.94. The molecule has 0 atom stereocenters. The van der Waals surface area contributed by atoms with Crippen molar-refractivity contribution in [3.05, 3.63) is 45.8 Å². The molecule has 0 saturated carbocycles. The van der Waals surface area contributed by atoms with Gasteiger partial charge in [0.1, 0.15) is 11.3 Å². The van der Waals surface area contributed by atoms with Gasteiger partial charge in [-0.1, -0.05) is 6.92 Å². The topological polar surface area (TPSA) is 49.0 Å². The Kier molecular flexibility index (Phi) is 3.19. The molecule has 0 bridgehead atoms. The van der Waals surface area contributed by atoms with Crippen LogP contribution in [0.3, 0.4) is 0 Å². The number of fused-ring (bicyclic) bond motifs is 3. The molecule has 3 nitrogen and oxygen atoms in total. The smallest absolute Gasteiger partial charge is 0.139 e. The summed E-state index contributed by atoms with van der Waals surface area (Å²) >= 11 is 0. The minimum absolute atomic E-state index is 0.608. The molecule has 23 heavy (non-hydrogen) atoms. The minimum Gasteiger partial charge on any atom is -0.455 e. The second-order valence-electron chi connectivity index (χ2n) is 6.54. The zero-order chi connectivity index (χ0) is 16.1. The van der Waals surface area contributed by atoms with Crippen LogP contribution in [0.1, 0.15) is 35.6 Å². The Balaban J connectivity index is 2.11. The van der Waals surface area contributed by atoms with Crippen molar-refractivity contribution in [2.45, 2.75) is 40.0 Å². The SMILES string of the molecule is CCc1cc2cc3cc4c(c(C)c3oc-2c(C)c1=N)NCCC4. The molecule has 0 radical (unpaired) electrons. The summed E-state index contributed by atoms with van der Waals surface area (Å²) in [5, 5.41) is 13.6. The van der Waals surface area contributed by atoms with Gasteiger partial charge in [0.15, 0.2) is 0 Å². The van der Waals surface area contributed by atoms with Crippen LogP contribution >= 0.6 is 0 Å². The normalized spacial score (nSPS) is 14.0. The van der Waals surface area contributed by atoms with E-state index in [1.54, 1.807) is 0 Å². The van der Waals surface area contributed by atoms with E-state index in [1.807, 2.05) is 6.92 Å². The van der Waals surface area contributed by atoms with Crippen LogP contribution in [-0.2, 0) is 12.8 Å². The largest absolute Gasteiger partial charge is 0.455 e. The fourth-order valence-corrected chi connectivity index (χ4v) is 3.76. The van der Waals surface area contributed by atoms with Crippen molar-refractivity contribution in [3.63, 3.8) is 0 Å². The van der Waals surface area contributed by atoms with E-state index in [0.717, 1.165) is 52.8 Å². The van der Waals surface area contributed by atoms with Gasteiger partial charge < -0.3 is 15.1 Å². The number of rotatable bonds is 1. The van der Waals surface area contributed by atoms with Crippen molar-refractivity contribution >= 4 is 16.7 Å². The van der Waals surface area contributed by atoms with Crippen molar-refractivity contribution in [2.24, 2.45) is 0 Å². The van der Waals surface area contributed by atoms with Crippen molar-refractivity contribution < 1.29 is 4.42 Å². The van der Waals surface area contributed by atoms with Crippen molar-refractivity contribution in [1.29, 1.82) is 5.41 Å². The number of anilines is 1. The molecule has 0 fully saturated rings. The fraction of sp³-hybridized carbons (Fsp3) is 0.350. The third-order valence-corrected chi connectivity index (χ3v) is 5.08. The van der Waals surface area contributed by atoms with E-state index in [0.29, 0.717) is 5.36 Å². The quantitative estimate of drug-likeness (QED) is 0.648. The maximum Gasteiger partial charge on any atom is 0.139 e. The summed E-state index contributed by atoms with van der Waals surface area (Å²) in [6.07, 6.45) is 3.19. The summed E-state index contributed by atoms with van der Waals surface area (Å²) in [6, 6.07) is 6.60. The summed E-state index contributed by atoms with van der Waals surface area (Å²) in [5.41, 5.74) is 7.88. The molecule has 0 unspecified atom stereocenters. The van der Waals surface area contributed by atoms with E-state index < -0.39 is 0 Å². The second kappa shape index (κ2) is 5.12. The van der Waals surface area contributed by atoms with Crippen molar-refractivity contribution in [1.82, 2.24) is 0 Å². The fourth-order valence-electron chi connectivity index (χ4n) is 3.76. The Labute approximate surface area is 136 Å². The molecule has 2 heterocycles. The van der Waals surface area contributed by atoms with Gasteiger partial charge in [-0.15, -0.1) is 0 Å². The van der Waals surface area contributed by atoms with Gasteiger partial charge in [-0.3, -0.25) is 0 Å². The molecule has 4 rings (SSSR count). The van der Waals surface area contributed by atoms with Crippen LogP contribution in [0, 0.1) is 19.3 Å². The molecule has 0 saturated heterocycles. The molecular weight excluding hydrogens is 284 g/mol. The summed E-state index contributed by atoms with van der Waals surface area (Å²) in [6.45, 7) is 7.25. The van der Waals surface area contributed by atoms with Crippen LogP contribution in [0.5, 0.6) is 0 Å². The summed E-state index contributed by atoms with van der Waals surface area (Å²) in [7, 11) is 0. The van der Waals surface area contributed by atoms with Crippen LogP contribution in [0.25, 0.3) is 22.3 Å². The molecule has 0 amide bonds. The van der Waals surface area contributed by atoms with Gasteiger partial charge in [0, 0.05) is 34.3 Å². The van der Waals surface area contributed by atoms with Crippen LogP contribution in [0.15, 0.2) is 22.6 Å². The lowest BCUT2D eigenvalue weighted by molar-refractivity contribution is 0.610. The van der Waals surface area contributed by atoms with Crippen LogP contribution < -0.4 is 10.7 Å². The minimum atomic E-state index is 0.608. The first-order chi connectivity index (χ1) is 11.1. The van der Waals surface area contributed by atoms with Crippen LogP contribution in [0.2, 0.25) is 0 Å². The maximum atomic E-state index is 8.32. The van der Waals surface area contributed by atoms with E-state index in [2.05, 4.69) is 37.4 Å². The second-order valence-corrected chi connectivity index (χ2v) is 6.54. The number of hydrogen-bond donors (Lipinski definition) is 2. The first-order valence-electron chi connectivity index (χ1n) is 8.41. The monoisotopic (exact) mass is 306 g/mol. The molecule has 0 aromatic heterocycles. The molecule has 2 aliphatic heterocycles. The lowest BCUT2D eigenvalue weighted by Crippen LogP contribution is -2.14. The molecule has 1 aromatic carbocycles. The van der Waals surface area contributed by atoms with Gasteiger partial charge >= 0.3 is 0 Å². The Morgan fingerprint density at radius 1 is 1.17 bits per heavy atom. The van der Waals surface area contributed by atoms with Crippen LogP contribution in [-0.4, -0.2) is 6.54 Å². The van der Waals surface area contributed by atoms with E-state index in [4.69, 9.17) is 9.83 Å². The summed E-state index contributed by atoms with van der Waals surface area (Å²) in [5.74, 6) is 0.846. The van der Waals surface area contributed by atoms with Gasteiger partial charge in [-0.2, -0.15) is 0 Å². The Hall–Kier alpha value is -2.29. The first kappa shape index (κ1) is 14.3. The third-order valence-electron chi connectivity index (χ3n) is 5.08. The number of benzene rings is 2. The van der Waals surface area contributed by atoms with Gasteiger partial charge in [0.2, 0.25) is 0 Å². The average molecular weight is 306 g/mol. The highest BCUT2D eigenvalue weighted by Gasteiger charge is 2.19. The molecule has 0 spiro atoms. The van der Waals surface area contributed by atoms with Gasteiger partial charge in [0.05, 0.1) is 5.36 Å². The van der Waals surface area contributed by atoms with E-state index in [9.17, 15) is 0 Å². The highest BCUT2D eigenvalue weighted by Crippen LogP contribution is 2.37. The molecule has 1 aliphatic carbocycles. The third kappa shape index (κ3) is 2.07. The highest BCUT2D eigenvalue weighted by molar-refractivity contribution is 5.91. The maximum absolute atomic E-state index is 8.32. The average Bonchev–Trinajstić information content (AvgIpc) is 2.57. The van der Waals surface area contributed by atoms with E-state index in [-0.39, 0.29) is 0 Å². The van der Waals surface area contributed by atoms with E-state index in [1.165, 1.54) is 23.2 Å². The van der Waals surface area contributed by atoms with E-state index >= 15 is 0 Å². The number of aryl methyl sites for hydroxylation is 3. The van der Waals surface area contributed by atoms with Gasteiger partial charge in [-0.05, 0) is 62.4 Å². The summed E-state index contributed by atoms with van der Waals surface area (Å²) in [4.78, 5) is 0. The lowest BCUT2D eigenvalue weighted by Gasteiger charge is -2.22. The predicted octanol–water partition coefficient (Wildman–Crippen LogP) is 4.55. The zero-order valence-electron chi connectivity index (χ0n) is 14.0. The first-order valence-corrected chi connectivity index (χ1v) is 8.41. The number of nitrogens with one attached hydrogen (secondary N) is 2. The number of hydrogen-bond acceptors (Lipinski definition) is 3. The zero-order valence-corrected chi connectivity index (χ0v) is 14.0. The predicted molar refractivity (Wildman–Crippen MR) is 94.4 cm³/mol. The van der Waals surface area contributed by atoms with Gasteiger partial charge in [0.25, 0.3) is 0 Å². The van der Waals surface area contributed by atoms with Crippen molar-refractivity contribution in [3.8, 4) is 11.3 Å². The van der Waals surface area contributed by atoms with Crippen LogP contribution in [0.4, 0.5) is 5.69 Å². The Morgan fingerprint density at radius 2 is 2.00 bits per heavy atom. The molecular formula is C20H22N2O. The highest BCUT2D eigenvalue weighted by atomic mass is 16.3. The molecule has 2 N–H and O–H groups in total. The Bertz CT molecular complexity index is 952. The van der Waals surface area contributed by atoms with Crippen molar-refractivity contribution in [2.75, 3.05) is 11.9 Å². The molecule has 3 aliphatic rings. The summed E-state index contributed by atoms with van der Waals surface area (Å²) < 4.78 is 6.29. The standard InChI is InChI=1S/C20H22N2O/c1-4-13-8-15-10-16-9-14-6-5-7-22-18(14)12(3)20(16)23-19(15)11(2)17(13)21/h8-10,21-22H,4-7H2,1-3H3.